The van der Waals surface area contributed by atoms with Crippen LogP contribution in [0.3, 0.4) is 0 Å². The van der Waals surface area contributed by atoms with Crippen molar-refractivity contribution in [2.45, 2.75) is 96.7 Å². The largest absolute Gasteiger partial charge is 0.514 e. The topological polar surface area (TPSA) is 98.9 Å². The number of benzene rings is 1. The molecule has 6 atom stereocenters. The van der Waals surface area contributed by atoms with Gasteiger partial charge in [0, 0.05) is 12.1 Å². The SMILES string of the molecule is CC[C@@H]1C[C@@H](OC(=O)Oc2ccc([N+](=O)[O-])cc2)CC[C@]1(C)[C@H]1CC[C@]2(C)CCC[C@]2(O)C1. The maximum Gasteiger partial charge on any atom is 0.514 e. The summed E-state index contributed by atoms with van der Waals surface area (Å²) < 4.78 is 10.9. The van der Waals surface area contributed by atoms with Gasteiger partial charge in [-0.05, 0) is 92.6 Å². The van der Waals surface area contributed by atoms with Gasteiger partial charge in [-0.15, -0.1) is 0 Å². The summed E-state index contributed by atoms with van der Waals surface area (Å²) in [5.41, 5.74) is -0.377. The summed E-state index contributed by atoms with van der Waals surface area (Å²) >= 11 is 0. The van der Waals surface area contributed by atoms with E-state index in [9.17, 15) is 20.0 Å². The number of hydrogen-bond acceptors (Lipinski definition) is 6. The van der Waals surface area contributed by atoms with Crippen LogP contribution in [0.15, 0.2) is 24.3 Å². The number of rotatable bonds is 5. The molecule has 1 N–H and O–H groups in total. The summed E-state index contributed by atoms with van der Waals surface area (Å²) in [7, 11) is 0. The van der Waals surface area contributed by atoms with Gasteiger partial charge in [0.05, 0.1) is 10.5 Å². The molecule has 3 aliphatic rings. The Balaban J connectivity index is 1.36. The summed E-state index contributed by atoms with van der Waals surface area (Å²) in [5, 5.41) is 22.3. The third kappa shape index (κ3) is 4.48. The number of ether oxygens (including phenoxy) is 2. The Bertz CT molecular complexity index is 887. The average Bonchev–Trinajstić information content (AvgIpc) is 3.09. The molecule has 3 saturated carbocycles. The molecule has 3 fully saturated rings. The molecule has 0 aliphatic heterocycles. The first-order chi connectivity index (χ1) is 15.6. The van der Waals surface area contributed by atoms with E-state index < -0.39 is 16.7 Å². The van der Waals surface area contributed by atoms with E-state index in [1.807, 2.05) is 0 Å². The summed E-state index contributed by atoms with van der Waals surface area (Å²) in [6, 6.07) is 5.40. The molecule has 3 aliphatic carbocycles. The number of non-ortho nitro benzene ring substituents is 1. The molecule has 7 heteroatoms. The minimum Gasteiger partial charge on any atom is -0.431 e. The Morgan fingerprint density at radius 3 is 2.55 bits per heavy atom. The molecule has 1 aromatic carbocycles. The molecule has 7 nitrogen and oxygen atoms in total. The van der Waals surface area contributed by atoms with Crippen LogP contribution >= 0.6 is 0 Å². The number of fused-ring (bicyclic) bond motifs is 1. The Kier molecular flexibility index (Phi) is 6.47. The molecule has 0 amide bonds. The lowest BCUT2D eigenvalue weighted by Gasteiger charge is -2.55. The van der Waals surface area contributed by atoms with E-state index in [4.69, 9.17) is 9.47 Å². The summed E-state index contributed by atoms with van der Waals surface area (Å²) in [5.74, 6) is 1.14. The molecule has 0 unspecified atom stereocenters. The van der Waals surface area contributed by atoms with Gasteiger partial charge in [-0.25, -0.2) is 4.79 Å². The second kappa shape index (κ2) is 8.90. The first-order valence-corrected chi connectivity index (χ1v) is 12.4. The zero-order chi connectivity index (χ0) is 23.9. The van der Waals surface area contributed by atoms with Gasteiger partial charge in [-0.3, -0.25) is 10.1 Å². The molecule has 0 aromatic heterocycles. The molecule has 4 rings (SSSR count). The van der Waals surface area contributed by atoms with E-state index in [-0.39, 0.29) is 28.4 Å². The monoisotopic (exact) mass is 459 g/mol. The normalized spacial score (nSPS) is 38.4. The van der Waals surface area contributed by atoms with E-state index in [1.54, 1.807) is 0 Å². The van der Waals surface area contributed by atoms with E-state index in [0.717, 1.165) is 57.8 Å². The molecule has 33 heavy (non-hydrogen) atoms. The van der Waals surface area contributed by atoms with Gasteiger partial charge >= 0.3 is 6.16 Å². The van der Waals surface area contributed by atoms with Crippen LogP contribution in [-0.2, 0) is 4.74 Å². The van der Waals surface area contributed by atoms with Crippen LogP contribution in [0.5, 0.6) is 5.75 Å². The maximum absolute atomic E-state index is 12.3. The lowest BCUT2D eigenvalue weighted by Crippen LogP contribution is -2.52. The van der Waals surface area contributed by atoms with Crippen molar-refractivity contribution in [3.8, 4) is 5.75 Å². The number of hydrogen-bond donors (Lipinski definition) is 1. The minimum atomic E-state index is -0.763. The summed E-state index contributed by atoms with van der Waals surface area (Å²) in [6.45, 7) is 6.87. The summed E-state index contributed by atoms with van der Waals surface area (Å²) in [6.07, 6.45) is 8.95. The molecule has 1 aromatic rings. The van der Waals surface area contributed by atoms with Crippen molar-refractivity contribution in [1.29, 1.82) is 0 Å². The third-order valence-corrected chi connectivity index (χ3v) is 9.49. The van der Waals surface area contributed by atoms with E-state index in [2.05, 4.69) is 20.8 Å². The highest BCUT2D eigenvalue weighted by Gasteiger charge is 2.57. The molecular formula is C26H37NO6. The Hall–Kier alpha value is -2.15. The van der Waals surface area contributed by atoms with Crippen molar-refractivity contribution < 1.29 is 24.3 Å². The zero-order valence-electron chi connectivity index (χ0n) is 20.0. The molecule has 0 bridgehead atoms. The Morgan fingerprint density at radius 2 is 1.88 bits per heavy atom. The van der Waals surface area contributed by atoms with Gasteiger partial charge in [0.1, 0.15) is 11.9 Å². The average molecular weight is 460 g/mol. The van der Waals surface area contributed by atoms with Crippen molar-refractivity contribution in [3.63, 3.8) is 0 Å². The lowest BCUT2D eigenvalue weighted by molar-refractivity contribution is -0.384. The standard InChI is InChI=1S/C26H37NO6/c1-4-18-16-22(33-23(28)32-21-8-6-20(7-9-21)27(30)31)11-15-25(18,3)19-10-14-24(2)12-5-13-26(24,29)17-19/h6-9,18-19,22,29H,4-5,10-17H2,1-3H3/t18-,19+,22+,24+,25+,26+/m1/s1. The van der Waals surface area contributed by atoms with Crippen molar-refractivity contribution in [3.05, 3.63) is 34.4 Å². The van der Waals surface area contributed by atoms with Crippen LogP contribution in [0.2, 0.25) is 0 Å². The van der Waals surface area contributed by atoms with Crippen LogP contribution < -0.4 is 4.74 Å². The van der Waals surface area contributed by atoms with E-state index >= 15 is 0 Å². The lowest BCUT2D eigenvalue weighted by atomic mass is 9.52. The van der Waals surface area contributed by atoms with Crippen LogP contribution in [0.25, 0.3) is 0 Å². The molecule has 0 radical (unpaired) electrons. The molecule has 182 valence electrons. The zero-order valence-corrected chi connectivity index (χ0v) is 20.0. The number of nitrogens with zero attached hydrogens (tertiary/aromatic N) is 1. The first-order valence-electron chi connectivity index (χ1n) is 12.4. The van der Waals surface area contributed by atoms with Crippen LogP contribution in [0.4, 0.5) is 10.5 Å². The fraction of sp³-hybridized carbons (Fsp3) is 0.731. The van der Waals surface area contributed by atoms with Gasteiger partial charge < -0.3 is 14.6 Å². The molecule has 0 spiro atoms. The molecular weight excluding hydrogens is 422 g/mol. The molecule has 0 saturated heterocycles. The highest BCUT2D eigenvalue weighted by atomic mass is 16.7. The fourth-order valence-corrected chi connectivity index (χ4v) is 7.13. The van der Waals surface area contributed by atoms with Gasteiger partial charge in [0.25, 0.3) is 5.69 Å². The Labute approximate surface area is 196 Å². The third-order valence-electron chi connectivity index (χ3n) is 9.49. The minimum absolute atomic E-state index is 0.0571. The van der Waals surface area contributed by atoms with Crippen LogP contribution in [0.1, 0.15) is 85.0 Å². The second-order valence-corrected chi connectivity index (χ2v) is 11.1. The number of nitro benzene ring substituents is 1. The van der Waals surface area contributed by atoms with Gasteiger partial charge in [0.15, 0.2) is 0 Å². The van der Waals surface area contributed by atoms with Crippen molar-refractivity contribution >= 4 is 11.8 Å². The van der Waals surface area contributed by atoms with Crippen molar-refractivity contribution in [2.75, 3.05) is 0 Å². The van der Waals surface area contributed by atoms with Gasteiger partial charge in [0.2, 0.25) is 0 Å². The number of carbonyl (C=O) groups excluding carboxylic acids is 1. The highest BCUT2D eigenvalue weighted by molar-refractivity contribution is 5.64. The number of aliphatic hydroxyl groups is 1. The smallest absolute Gasteiger partial charge is 0.431 e. The van der Waals surface area contributed by atoms with Crippen LogP contribution in [-0.4, -0.2) is 27.9 Å². The predicted molar refractivity (Wildman–Crippen MR) is 124 cm³/mol. The fourth-order valence-electron chi connectivity index (χ4n) is 7.13. The van der Waals surface area contributed by atoms with Gasteiger partial charge in [-0.1, -0.05) is 27.2 Å². The van der Waals surface area contributed by atoms with E-state index in [0.29, 0.717) is 11.8 Å². The predicted octanol–water partition coefficient (Wildman–Crippen LogP) is 6.42. The highest BCUT2D eigenvalue weighted by Crippen LogP contribution is 2.62. The van der Waals surface area contributed by atoms with E-state index in [1.165, 1.54) is 30.7 Å². The second-order valence-electron chi connectivity index (χ2n) is 11.1. The Morgan fingerprint density at radius 1 is 1.15 bits per heavy atom. The van der Waals surface area contributed by atoms with Crippen molar-refractivity contribution in [1.82, 2.24) is 0 Å². The quantitative estimate of drug-likeness (QED) is 0.236. The number of carbonyl (C=O) groups is 1. The molecule has 0 heterocycles. The van der Waals surface area contributed by atoms with Gasteiger partial charge in [-0.2, -0.15) is 0 Å². The summed E-state index contributed by atoms with van der Waals surface area (Å²) in [4.78, 5) is 22.6. The first kappa shape index (κ1) is 24.0. The maximum atomic E-state index is 12.3. The van der Waals surface area contributed by atoms with Crippen molar-refractivity contribution in [2.24, 2.45) is 22.7 Å². The number of nitro groups is 1. The van der Waals surface area contributed by atoms with Crippen LogP contribution in [0, 0.1) is 32.8 Å².